The quantitative estimate of drug-likeness (QED) is 0.625. The van der Waals surface area contributed by atoms with Gasteiger partial charge in [0.2, 0.25) is 10.0 Å². The number of carboxylic acid groups (broad SMARTS) is 1. The van der Waals surface area contributed by atoms with E-state index in [1.54, 1.807) is 0 Å². The molecule has 1 aromatic carbocycles. The summed E-state index contributed by atoms with van der Waals surface area (Å²) in [5.41, 5.74) is 0.0759. The molecule has 0 aliphatic heterocycles. The van der Waals surface area contributed by atoms with Crippen LogP contribution in [-0.4, -0.2) is 51.6 Å². The molecule has 0 unspecified atom stereocenters. The summed E-state index contributed by atoms with van der Waals surface area (Å²) in [5, 5.41) is 17.0. The molecule has 0 spiro atoms. The van der Waals surface area contributed by atoms with Gasteiger partial charge < -0.3 is 15.3 Å². The summed E-state index contributed by atoms with van der Waals surface area (Å²) in [4.78, 5) is 12.8. The number of rotatable bonds is 7. The number of hydrogen-bond donors (Lipinski definition) is 3. The van der Waals surface area contributed by atoms with Crippen LogP contribution >= 0.6 is 24.0 Å². The Morgan fingerprint density at radius 3 is 2.45 bits per heavy atom. The van der Waals surface area contributed by atoms with Gasteiger partial charge in [0.1, 0.15) is 4.90 Å². The average Bonchev–Trinajstić information content (AvgIpc) is 2.32. The van der Waals surface area contributed by atoms with Crippen molar-refractivity contribution in [2.24, 2.45) is 5.14 Å². The topological polar surface area (TPSA) is 113 Å². The molecule has 0 radical (unpaired) electrons. The monoisotopic (exact) mass is 371 g/mol. The van der Waals surface area contributed by atoms with E-state index in [1.807, 2.05) is 19.0 Å². The Balaban J connectivity index is 0.00000441. The second kappa shape index (κ2) is 8.54. The van der Waals surface area contributed by atoms with Gasteiger partial charge in [0, 0.05) is 6.54 Å². The Morgan fingerprint density at radius 2 is 2.00 bits per heavy atom. The zero-order valence-electron chi connectivity index (χ0n) is 12.2. The first-order valence-electron chi connectivity index (χ1n) is 6.11. The van der Waals surface area contributed by atoms with Crippen LogP contribution in [-0.2, 0) is 10.0 Å². The Bertz CT molecular complexity index is 636. The van der Waals surface area contributed by atoms with E-state index in [1.165, 1.54) is 6.07 Å². The summed E-state index contributed by atoms with van der Waals surface area (Å²) >= 11 is 5.85. The van der Waals surface area contributed by atoms with Crippen LogP contribution in [0, 0.1) is 0 Å². The van der Waals surface area contributed by atoms with Crippen LogP contribution in [0.25, 0.3) is 0 Å². The lowest BCUT2D eigenvalue weighted by Gasteiger charge is -2.14. The summed E-state index contributed by atoms with van der Waals surface area (Å²) in [5.74, 6) is -1.26. The molecular formula is C12H19Cl2N3O4S. The van der Waals surface area contributed by atoms with Gasteiger partial charge in [0.05, 0.1) is 16.3 Å². The molecule has 1 rings (SSSR count). The molecule has 0 saturated carbocycles. The van der Waals surface area contributed by atoms with Crippen molar-refractivity contribution in [3.05, 3.63) is 22.7 Å². The van der Waals surface area contributed by atoms with Gasteiger partial charge in [-0.25, -0.2) is 18.4 Å². The van der Waals surface area contributed by atoms with Gasteiger partial charge in [-0.05, 0) is 39.2 Å². The molecule has 0 fully saturated rings. The maximum atomic E-state index is 11.3. The number of sulfonamides is 1. The summed E-state index contributed by atoms with van der Waals surface area (Å²) in [7, 11) is -0.210. The number of carbonyl (C=O) groups is 1. The fraction of sp³-hybridized carbons (Fsp3) is 0.417. The molecule has 7 nitrogen and oxygen atoms in total. The summed E-state index contributed by atoms with van der Waals surface area (Å²) in [6.45, 7) is 1.36. The molecule has 10 heteroatoms. The molecule has 0 heterocycles. The fourth-order valence-electron chi connectivity index (χ4n) is 1.71. The first-order chi connectivity index (χ1) is 9.62. The number of nitrogens with zero attached hydrogens (tertiary/aromatic N) is 1. The van der Waals surface area contributed by atoms with Crippen LogP contribution < -0.4 is 10.5 Å². The number of anilines is 1. The molecular weight excluding hydrogens is 353 g/mol. The zero-order valence-corrected chi connectivity index (χ0v) is 14.6. The Morgan fingerprint density at radius 1 is 1.41 bits per heavy atom. The maximum Gasteiger partial charge on any atom is 0.337 e. The molecule has 0 bridgehead atoms. The van der Waals surface area contributed by atoms with Crippen LogP contribution in [0.4, 0.5) is 5.69 Å². The number of benzene rings is 1. The van der Waals surface area contributed by atoms with E-state index < -0.39 is 20.9 Å². The van der Waals surface area contributed by atoms with E-state index in [-0.39, 0.29) is 28.7 Å². The van der Waals surface area contributed by atoms with Gasteiger partial charge in [-0.1, -0.05) is 11.6 Å². The van der Waals surface area contributed by atoms with E-state index >= 15 is 0 Å². The minimum Gasteiger partial charge on any atom is -0.478 e. The van der Waals surface area contributed by atoms with Crippen molar-refractivity contribution in [2.45, 2.75) is 11.3 Å². The molecule has 0 aliphatic carbocycles. The van der Waals surface area contributed by atoms with E-state index in [9.17, 15) is 13.2 Å². The molecule has 0 saturated heterocycles. The van der Waals surface area contributed by atoms with Crippen molar-refractivity contribution in [3.8, 4) is 0 Å². The summed E-state index contributed by atoms with van der Waals surface area (Å²) in [6, 6.07) is 2.23. The molecule has 22 heavy (non-hydrogen) atoms. The zero-order chi connectivity index (χ0) is 16.2. The first-order valence-corrected chi connectivity index (χ1v) is 8.03. The van der Waals surface area contributed by atoms with Gasteiger partial charge in [0.25, 0.3) is 0 Å². The van der Waals surface area contributed by atoms with Gasteiger partial charge in [0.15, 0.2) is 0 Å². The van der Waals surface area contributed by atoms with Crippen molar-refractivity contribution in [1.82, 2.24) is 4.90 Å². The highest BCUT2D eigenvalue weighted by molar-refractivity contribution is 7.89. The van der Waals surface area contributed by atoms with Crippen LogP contribution in [0.3, 0.4) is 0 Å². The number of nitrogens with two attached hydrogens (primary N) is 1. The second-order valence-electron chi connectivity index (χ2n) is 4.76. The van der Waals surface area contributed by atoms with Crippen LogP contribution in [0.1, 0.15) is 16.8 Å². The summed E-state index contributed by atoms with van der Waals surface area (Å²) < 4.78 is 22.7. The van der Waals surface area contributed by atoms with Gasteiger partial charge in [-0.15, -0.1) is 12.4 Å². The van der Waals surface area contributed by atoms with Crippen molar-refractivity contribution >= 4 is 45.7 Å². The number of nitrogens with one attached hydrogen (secondary N) is 1. The Kier molecular flexibility index (Phi) is 8.13. The highest BCUT2D eigenvalue weighted by Crippen LogP contribution is 2.28. The maximum absolute atomic E-state index is 11.3. The van der Waals surface area contributed by atoms with Crippen LogP contribution in [0.2, 0.25) is 5.02 Å². The molecule has 1 aromatic rings. The highest BCUT2D eigenvalue weighted by Gasteiger charge is 2.20. The smallest absolute Gasteiger partial charge is 0.337 e. The van der Waals surface area contributed by atoms with Gasteiger partial charge in [-0.2, -0.15) is 0 Å². The Hall–Kier alpha value is -1.06. The minimum absolute atomic E-state index is 0. The standard InChI is InChI=1S/C12H18ClN3O4S.ClH/c1-16(2)5-3-4-15-10-7-9(13)11(21(14,19)20)6-8(10)12(17)18;/h6-7,15H,3-5H2,1-2H3,(H,17,18)(H2,14,19,20);1H. The third kappa shape index (κ3) is 5.98. The predicted molar refractivity (Wildman–Crippen MR) is 88.7 cm³/mol. The van der Waals surface area contributed by atoms with Gasteiger partial charge in [-0.3, -0.25) is 0 Å². The van der Waals surface area contributed by atoms with Crippen molar-refractivity contribution in [2.75, 3.05) is 32.5 Å². The van der Waals surface area contributed by atoms with Crippen molar-refractivity contribution < 1.29 is 18.3 Å². The molecule has 126 valence electrons. The number of halogens is 2. The van der Waals surface area contributed by atoms with Crippen LogP contribution in [0.15, 0.2) is 17.0 Å². The highest BCUT2D eigenvalue weighted by atomic mass is 35.5. The lowest BCUT2D eigenvalue weighted by atomic mass is 10.1. The molecule has 0 amide bonds. The number of primary sulfonamides is 1. The van der Waals surface area contributed by atoms with E-state index in [0.717, 1.165) is 19.0 Å². The fourth-order valence-corrected chi connectivity index (χ4v) is 2.81. The first kappa shape index (κ1) is 20.9. The third-order valence-electron chi connectivity index (χ3n) is 2.71. The SMILES string of the molecule is CN(C)CCCNc1cc(Cl)c(S(N)(=O)=O)cc1C(=O)O.Cl. The lowest BCUT2D eigenvalue weighted by Crippen LogP contribution is -2.18. The minimum atomic E-state index is -4.07. The predicted octanol–water partition coefficient (Wildman–Crippen LogP) is 1.47. The van der Waals surface area contributed by atoms with E-state index in [2.05, 4.69) is 5.32 Å². The Labute approximate surface area is 140 Å². The molecule has 4 N–H and O–H groups in total. The summed E-state index contributed by atoms with van der Waals surface area (Å²) in [6.07, 6.45) is 0.792. The van der Waals surface area contributed by atoms with E-state index in [4.69, 9.17) is 21.8 Å². The van der Waals surface area contributed by atoms with Crippen molar-refractivity contribution in [1.29, 1.82) is 0 Å². The van der Waals surface area contributed by atoms with Crippen LogP contribution in [0.5, 0.6) is 0 Å². The number of carboxylic acids is 1. The third-order valence-corrected chi connectivity index (χ3v) is 4.08. The molecule has 0 aliphatic rings. The molecule has 0 atom stereocenters. The second-order valence-corrected chi connectivity index (χ2v) is 6.70. The van der Waals surface area contributed by atoms with E-state index in [0.29, 0.717) is 6.54 Å². The number of hydrogen-bond acceptors (Lipinski definition) is 5. The van der Waals surface area contributed by atoms with Crippen molar-refractivity contribution in [3.63, 3.8) is 0 Å². The number of aromatic carboxylic acids is 1. The normalized spacial score (nSPS) is 11.1. The van der Waals surface area contributed by atoms with Gasteiger partial charge >= 0.3 is 5.97 Å². The lowest BCUT2D eigenvalue weighted by molar-refractivity contribution is 0.0697. The largest absolute Gasteiger partial charge is 0.478 e. The molecule has 0 aromatic heterocycles. The average molecular weight is 372 g/mol.